The van der Waals surface area contributed by atoms with Gasteiger partial charge in [0.25, 0.3) is 0 Å². The van der Waals surface area contributed by atoms with Crippen LogP contribution in [0.25, 0.3) is 0 Å². The van der Waals surface area contributed by atoms with Crippen molar-refractivity contribution in [2.45, 2.75) is 63.3 Å². The van der Waals surface area contributed by atoms with E-state index in [4.69, 9.17) is 10.5 Å². The van der Waals surface area contributed by atoms with Crippen LogP contribution in [0.2, 0.25) is 25.2 Å². The van der Waals surface area contributed by atoms with Gasteiger partial charge in [-0.1, -0.05) is 51.0 Å². The second kappa shape index (κ2) is 10.2. The van der Waals surface area contributed by atoms with Gasteiger partial charge in [-0.2, -0.15) is 0 Å². The first-order valence-electron chi connectivity index (χ1n) is 9.06. The minimum Gasteiger partial charge on any atom is -0.494 e. The Kier molecular flexibility index (Phi) is 8.98. The van der Waals surface area contributed by atoms with Crippen LogP contribution in [0.4, 0.5) is 0 Å². The van der Waals surface area contributed by atoms with Gasteiger partial charge in [0.05, 0.1) is 33.4 Å². The van der Waals surface area contributed by atoms with E-state index in [1.54, 1.807) is 0 Å². The Hall–Kier alpha value is -0.883. The van der Waals surface area contributed by atoms with Gasteiger partial charge in [0, 0.05) is 0 Å². The van der Waals surface area contributed by atoms with Crippen molar-refractivity contribution < 1.29 is 14.9 Å². The highest BCUT2D eigenvalue weighted by molar-refractivity contribution is 6.77. The summed E-state index contributed by atoms with van der Waals surface area (Å²) in [5.41, 5.74) is 6.13. The van der Waals surface area contributed by atoms with Crippen molar-refractivity contribution in [2.75, 3.05) is 19.8 Å². The Morgan fingerprint density at radius 1 is 1.08 bits per heavy atom. The summed E-state index contributed by atoms with van der Waals surface area (Å²) in [4.78, 5) is 0. The van der Waals surface area contributed by atoms with Crippen LogP contribution in [0, 0.1) is 0 Å². The van der Waals surface area contributed by atoms with E-state index < -0.39 is 13.6 Å². The van der Waals surface area contributed by atoms with Crippen LogP contribution in [-0.2, 0) is 6.42 Å². The summed E-state index contributed by atoms with van der Waals surface area (Å²) in [6, 6.07) is 10.6. The molecule has 24 heavy (non-hydrogen) atoms. The van der Waals surface area contributed by atoms with E-state index in [9.17, 15) is 10.2 Å². The molecule has 1 aromatic rings. The van der Waals surface area contributed by atoms with E-state index in [2.05, 4.69) is 20.0 Å². The SMILES string of the molecule is CCCC[Si](C)(C)CCOc1ccc(CCC(N)(CO)CO)cc1. The zero-order valence-electron chi connectivity index (χ0n) is 15.6. The topological polar surface area (TPSA) is 75.7 Å². The molecule has 5 heteroatoms. The molecule has 0 aromatic heterocycles. The summed E-state index contributed by atoms with van der Waals surface area (Å²) < 4.78 is 5.89. The fraction of sp³-hybridized carbons (Fsp3) is 0.684. The summed E-state index contributed by atoms with van der Waals surface area (Å²) in [6.45, 7) is 7.51. The minimum absolute atomic E-state index is 0.206. The number of hydrogen-bond donors (Lipinski definition) is 3. The summed E-state index contributed by atoms with van der Waals surface area (Å²) in [6.07, 6.45) is 3.89. The van der Waals surface area contributed by atoms with Crippen molar-refractivity contribution >= 4 is 8.07 Å². The Bertz CT molecular complexity index is 458. The predicted octanol–water partition coefficient (Wildman–Crippen LogP) is 3.19. The molecule has 0 aliphatic rings. The minimum atomic E-state index is -1.12. The number of aliphatic hydroxyl groups excluding tert-OH is 2. The van der Waals surface area contributed by atoms with Crippen LogP contribution in [0.15, 0.2) is 24.3 Å². The standard InChI is InChI=1S/C19H35NO3Si/c1-4-5-13-24(2,3)14-12-23-18-8-6-17(7-9-18)10-11-19(20,15-21)16-22/h6-9,21-22H,4-5,10-16,20H2,1-3H3. The maximum absolute atomic E-state index is 9.22. The fourth-order valence-corrected chi connectivity index (χ4v) is 4.79. The molecule has 0 spiro atoms. The van der Waals surface area contributed by atoms with E-state index in [0.29, 0.717) is 6.42 Å². The number of rotatable bonds is 12. The largest absolute Gasteiger partial charge is 0.494 e. The summed E-state index contributed by atoms with van der Waals surface area (Å²) in [5, 5.41) is 18.4. The van der Waals surface area contributed by atoms with Gasteiger partial charge in [0.15, 0.2) is 0 Å². The first-order valence-corrected chi connectivity index (χ1v) is 12.5. The average molecular weight is 354 g/mol. The van der Waals surface area contributed by atoms with Crippen molar-refractivity contribution in [3.05, 3.63) is 29.8 Å². The molecule has 0 saturated heterocycles. The van der Waals surface area contributed by atoms with Crippen LogP contribution in [-0.4, -0.2) is 43.6 Å². The smallest absolute Gasteiger partial charge is 0.119 e. The van der Waals surface area contributed by atoms with Gasteiger partial charge in [-0.3, -0.25) is 0 Å². The van der Waals surface area contributed by atoms with Crippen molar-refractivity contribution in [3.63, 3.8) is 0 Å². The molecule has 0 heterocycles. The monoisotopic (exact) mass is 353 g/mol. The zero-order chi connectivity index (χ0) is 18.1. The lowest BCUT2D eigenvalue weighted by Gasteiger charge is -2.24. The molecule has 0 radical (unpaired) electrons. The van der Waals surface area contributed by atoms with Crippen LogP contribution in [0.3, 0.4) is 0 Å². The third-order valence-electron chi connectivity index (χ3n) is 4.72. The van der Waals surface area contributed by atoms with Gasteiger partial charge < -0.3 is 20.7 Å². The van der Waals surface area contributed by atoms with Crippen molar-refractivity contribution in [2.24, 2.45) is 5.73 Å². The third kappa shape index (κ3) is 7.79. The van der Waals surface area contributed by atoms with Crippen molar-refractivity contribution in [3.8, 4) is 5.75 Å². The van der Waals surface area contributed by atoms with Gasteiger partial charge in [0.2, 0.25) is 0 Å². The number of aryl methyl sites for hydroxylation is 1. The van der Waals surface area contributed by atoms with Gasteiger partial charge in [-0.25, -0.2) is 0 Å². The number of unbranched alkanes of at least 4 members (excludes halogenated alkanes) is 1. The summed E-state index contributed by atoms with van der Waals surface area (Å²) in [7, 11) is -1.12. The number of benzene rings is 1. The normalized spacial score (nSPS) is 12.4. The lowest BCUT2D eigenvalue weighted by atomic mass is 9.94. The van der Waals surface area contributed by atoms with E-state index in [1.165, 1.54) is 24.9 Å². The molecule has 0 amide bonds. The zero-order valence-corrected chi connectivity index (χ0v) is 16.6. The second-order valence-corrected chi connectivity index (χ2v) is 13.0. The van der Waals surface area contributed by atoms with Gasteiger partial charge in [-0.15, -0.1) is 0 Å². The number of aliphatic hydroxyl groups is 2. The van der Waals surface area contributed by atoms with Crippen LogP contribution in [0.5, 0.6) is 5.75 Å². The molecule has 1 aromatic carbocycles. The first kappa shape index (κ1) is 21.2. The molecule has 0 unspecified atom stereocenters. The fourth-order valence-electron chi connectivity index (χ4n) is 2.58. The van der Waals surface area contributed by atoms with E-state index >= 15 is 0 Å². The lowest BCUT2D eigenvalue weighted by Crippen LogP contribution is -2.47. The van der Waals surface area contributed by atoms with Crippen molar-refractivity contribution in [1.29, 1.82) is 0 Å². The van der Waals surface area contributed by atoms with Crippen molar-refractivity contribution in [1.82, 2.24) is 0 Å². The Morgan fingerprint density at radius 2 is 1.71 bits per heavy atom. The molecule has 0 fully saturated rings. The van der Waals surface area contributed by atoms with Gasteiger partial charge in [0.1, 0.15) is 5.75 Å². The number of ether oxygens (including phenoxy) is 1. The third-order valence-corrected chi connectivity index (χ3v) is 7.98. The average Bonchev–Trinajstić information content (AvgIpc) is 2.59. The van der Waals surface area contributed by atoms with E-state index in [0.717, 1.165) is 24.3 Å². The molecule has 0 atom stereocenters. The molecule has 0 bridgehead atoms. The van der Waals surface area contributed by atoms with Gasteiger partial charge >= 0.3 is 0 Å². The lowest BCUT2D eigenvalue weighted by molar-refractivity contribution is 0.115. The molecule has 4 N–H and O–H groups in total. The summed E-state index contributed by atoms with van der Waals surface area (Å²) >= 11 is 0. The quantitative estimate of drug-likeness (QED) is 0.504. The Morgan fingerprint density at radius 3 is 2.25 bits per heavy atom. The van der Waals surface area contributed by atoms with E-state index in [1.807, 2.05) is 24.3 Å². The molecule has 0 aliphatic heterocycles. The van der Waals surface area contributed by atoms with Crippen LogP contribution >= 0.6 is 0 Å². The van der Waals surface area contributed by atoms with E-state index in [-0.39, 0.29) is 13.2 Å². The predicted molar refractivity (Wildman–Crippen MR) is 103 cm³/mol. The number of nitrogens with two attached hydrogens (primary N) is 1. The Labute approximate surface area is 148 Å². The number of hydrogen-bond acceptors (Lipinski definition) is 4. The van der Waals surface area contributed by atoms with Gasteiger partial charge in [-0.05, 0) is 36.6 Å². The molecular weight excluding hydrogens is 318 g/mol. The van der Waals surface area contributed by atoms with Crippen LogP contribution < -0.4 is 10.5 Å². The molecule has 1 rings (SSSR count). The highest BCUT2D eigenvalue weighted by Gasteiger charge is 2.22. The second-order valence-electron chi connectivity index (χ2n) is 7.69. The molecule has 4 nitrogen and oxygen atoms in total. The summed E-state index contributed by atoms with van der Waals surface area (Å²) in [5.74, 6) is 0.905. The molecule has 0 aliphatic carbocycles. The maximum Gasteiger partial charge on any atom is 0.119 e. The highest BCUT2D eigenvalue weighted by atomic mass is 28.3. The molecule has 0 saturated carbocycles. The first-order chi connectivity index (χ1) is 11.3. The Balaban J connectivity index is 2.39. The maximum atomic E-state index is 9.22. The molecular formula is C19H35NO3Si. The molecule has 138 valence electrons. The highest BCUT2D eigenvalue weighted by Crippen LogP contribution is 2.20. The van der Waals surface area contributed by atoms with Crippen LogP contribution in [0.1, 0.15) is 31.7 Å².